The van der Waals surface area contributed by atoms with Crippen LogP contribution in [0.2, 0.25) is 0 Å². The van der Waals surface area contributed by atoms with E-state index in [1.807, 2.05) is 27.7 Å². The second-order valence-electron chi connectivity index (χ2n) is 7.78. The van der Waals surface area contributed by atoms with Crippen LogP contribution >= 0.6 is 0 Å². The summed E-state index contributed by atoms with van der Waals surface area (Å²) in [6.45, 7) is 7.70. The molecule has 1 aromatic rings. The summed E-state index contributed by atoms with van der Waals surface area (Å²) in [4.78, 5) is 12.3. The number of benzene rings is 1. The minimum absolute atomic E-state index is 0.211. The molecule has 1 heterocycles. The van der Waals surface area contributed by atoms with Crippen molar-refractivity contribution in [3.05, 3.63) is 29.6 Å². The first-order chi connectivity index (χ1) is 11.2. The molecule has 0 atom stereocenters. The van der Waals surface area contributed by atoms with Gasteiger partial charge in [-0.25, -0.2) is 4.39 Å². The molecule has 0 radical (unpaired) electrons. The Hall–Kier alpha value is -1.40. The Kier molecular flexibility index (Phi) is 4.47. The normalized spacial score (nSPS) is 22.8. The van der Waals surface area contributed by atoms with Gasteiger partial charge in [-0.05, 0) is 52.7 Å². The van der Waals surface area contributed by atoms with Crippen molar-refractivity contribution in [2.75, 3.05) is 0 Å². The van der Waals surface area contributed by atoms with Gasteiger partial charge >= 0.3 is 7.12 Å². The van der Waals surface area contributed by atoms with Crippen molar-refractivity contribution in [3.8, 4) is 0 Å². The predicted molar refractivity (Wildman–Crippen MR) is 91.8 cm³/mol. The van der Waals surface area contributed by atoms with E-state index in [2.05, 4.69) is 5.32 Å². The Balaban J connectivity index is 1.74. The lowest BCUT2D eigenvalue weighted by molar-refractivity contribution is 0.00578. The molecule has 1 aliphatic carbocycles. The van der Waals surface area contributed by atoms with Gasteiger partial charge in [0.2, 0.25) is 0 Å². The van der Waals surface area contributed by atoms with Crippen molar-refractivity contribution in [1.29, 1.82) is 0 Å². The summed E-state index contributed by atoms with van der Waals surface area (Å²) in [7, 11) is -0.762. The maximum Gasteiger partial charge on any atom is 0.497 e. The molecule has 24 heavy (non-hydrogen) atoms. The molecular formula is C18H25BFNO3. The van der Waals surface area contributed by atoms with Crippen LogP contribution in [0.4, 0.5) is 4.39 Å². The van der Waals surface area contributed by atoms with Crippen molar-refractivity contribution >= 4 is 18.5 Å². The molecule has 1 amide bonds. The summed E-state index contributed by atoms with van der Waals surface area (Å²) in [6.07, 6.45) is 4.28. The van der Waals surface area contributed by atoms with Gasteiger partial charge < -0.3 is 14.6 Å². The lowest BCUT2D eigenvalue weighted by Crippen LogP contribution is -2.41. The summed E-state index contributed by atoms with van der Waals surface area (Å²) in [5, 5.41) is 2.97. The zero-order valence-corrected chi connectivity index (χ0v) is 14.8. The highest BCUT2D eigenvalue weighted by Crippen LogP contribution is 2.36. The standard InChI is InChI=1S/C18H25BFNO3/c1-17(2)18(3,4)24-19(23-17)14-10-9-12(11-15(14)20)16(22)21-13-7-5-6-8-13/h9-11,13H,5-8H2,1-4H3,(H,21,22). The molecule has 1 aliphatic heterocycles. The summed E-state index contributed by atoms with van der Waals surface area (Å²) in [6, 6.07) is 4.70. The molecular weight excluding hydrogens is 308 g/mol. The van der Waals surface area contributed by atoms with Crippen molar-refractivity contribution in [2.45, 2.75) is 70.6 Å². The number of rotatable bonds is 3. The highest BCUT2D eigenvalue weighted by atomic mass is 19.1. The van der Waals surface area contributed by atoms with E-state index in [0.29, 0.717) is 11.0 Å². The molecule has 4 nitrogen and oxygen atoms in total. The van der Waals surface area contributed by atoms with E-state index in [1.54, 1.807) is 12.1 Å². The van der Waals surface area contributed by atoms with Crippen LogP contribution in [-0.2, 0) is 9.31 Å². The van der Waals surface area contributed by atoms with E-state index in [9.17, 15) is 9.18 Å². The van der Waals surface area contributed by atoms with Crippen LogP contribution in [0.15, 0.2) is 18.2 Å². The molecule has 0 aromatic heterocycles. The van der Waals surface area contributed by atoms with E-state index in [-0.39, 0.29) is 11.9 Å². The van der Waals surface area contributed by atoms with Gasteiger partial charge in [0.05, 0.1) is 11.2 Å². The minimum atomic E-state index is -0.762. The fraction of sp³-hybridized carbons (Fsp3) is 0.611. The number of amides is 1. The topological polar surface area (TPSA) is 47.6 Å². The average Bonchev–Trinajstić information content (AvgIpc) is 3.05. The molecule has 1 aromatic carbocycles. The van der Waals surface area contributed by atoms with Crippen LogP contribution in [0.1, 0.15) is 63.7 Å². The molecule has 2 aliphatic rings. The molecule has 130 valence electrons. The number of hydrogen-bond donors (Lipinski definition) is 1. The van der Waals surface area contributed by atoms with Gasteiger partial charge in [-0.15, -0.1) is 0 Å². The number of carbonyl (C=O) groups excluding carboxylic acids is 1. The molecule has 1 saturated carbocycles. The van der Waals surface area contributed by atoms with Gasteiger partial charge in [-0.1, -0.05) is 18.9 Å². The molecule has 1 N–H and O–H groups in total. The van der Waals surface area contributed by atoms with E-state index in [1.165, 1.54) is 6.07 Å². The number of carbonyl (C=O) groups is 1. The van der Waals surface area contributed by atoms with E-state index < -0.39 is 24.1 Å². The van der Waals surface area contributed by atoms with Crippen LogP contribution in [-0.4, -0.2) is 30.3 Å². The summed E-state index contributed by atoms with van der Waals surface area (Å²) in [5.74, 6) is -0.700. The maximum absolute atomic E-state index is 14.5. The highest BCUT2D eigenvalue weighted by molar-refractivity contribution is 6.62. The molecule has 6 heteroatoms. The molecule has 3 rings (SSSR count). The van der Waals surface area contributed by atoms with Gasteiger partial charge in [0.15, 0.2) is 0 Å². The maximum atomic E-state index is 14.5. The van der Waals surface area contributed by atoms with Crippen molar-refractivity contribution in [1.82, 2.24) is 5.32 Å². The molecule has 0 bridgehead atoms. The third kappa shape index (κ3) is 3.22. The van der Waals surface area contributed by atoms with Gasteiger partial charge in [0.1, 0.15) is 5.82 Å². The Labute approximate surface area is 143 Å². The first-order valence-corrected chi connectivity index (χ1v) is 8.65. The number of halogens is 1. The number of nitrogens with one attached hydrogen (secondary N) is 1. The van der Waals surface area contributed by atoms with Crippen molar-refractivity contribution < 1.29 is 18.5 Å². The summed E-state index contributed by atoms with van der Waals surface area (Å²) in [5.41, 5.74) is -0.392. The Morgan fingerprint density at radius 2 is 1.75 bits per heavy atom. The second-order valence-corrected chi connectivity index (χ2v) is 7.78. The molecule has 1 saturated heterocycles. The average molecular weight is 333 g/mol. The third-order valence-corrected chi connectivity index (χ3v) is 5.46. The first-order valence-electron chi connectivity index (χ1n) is 8.65. The quantitative estimate of drug-likeness (QED) is 0.866. The smallest absolute Gasteiger partial charge is 0.399 e. The minimum Gasteiger partial charge on any atom is -0.399 e. The van der Waals surface area contributed by atoms with Gasteiger partial charge in [0, 0.05) is 17.1 Å². The van der Waals surface area contributed by atoms with Gasteiger partial charge in [-0.3, -0.25) is 4.79 Å². The fourth-order valence-corrected chi connectivity index (χ4v) is 3.17. The van der Waals surface area contributed by atoms with Gasteiger partial charge in [0.25, 0.3) is 5.91 Å². The largest absolute Gasteiger partial charge is 0.497 e. The SMILES string of the molecule is CC1(C)OB(c2ccc(C(=O)NC3CCCC3)cc2F)OC1(C)C. The van der Waals surface area contributed by atoms with E-state index in [4.69, 9.17) is 9.31 Å². The fourth-order valence-electron chi connectivity index (χ4n) is 3.17. The molecule has 2 fully saturated rings. The van der Waals surface area contributed by atoms with Gasteiger partial charge in [-0.2, -0.15) is 0 Å². The van der Waals surface area contributed by atoms with Crippen molar-refractivity contribution in [3.63, 3.8) is 0 Å². The zero-order valence-electron chi connectivity index (χ0n) is 14.8. The van der Waals surface area contributed by atoms with Crippen LogP contribution in [0.25, 0.3) is 0 Å². The third-order valence-electron chi connectivity index (χ3n) is 5.46. The Morgan fingerprint density at radius 1 is 1.17 bits per heavy atom. The zero-order chi connectivity index (χ0) is 17.5. The van der Waals surface area contributed by atoms with Crippen LogP contribution in [0.3, 0.4) is 0 Å². The lowest BCUT2D eigenvalue weighted by Gasteiger charge is -2.32. The molecule has 0 spiro atoms. The van der Waals surface area contributed by atoms with E-state index >= 15 is 0 Å². The first kappa shape index (κ1) is 17.4. The summed E-state index contributed by atoms with van der Waals surface area (Å²) >= 11 is 0. The van der Waals surface area contributed by atoms with Crippen LogP contribution < -0.4 is 10.8 Å². The van der Waals surface area contributed by atoms with Crippen LogP contribution in [0, 0.1) is 5.82 Å². The van der Waals surface area contributed by atoms with Crippen LogP contribution in [0.5, 0.6) is 0 Å². The Morgan fingerprint density at radius 3 is 2.29 bits per heavy atom. The lowest BCUT2D eigenvalue weighted by atomic mass is 9.78. The van der Waals surface area contributed by atoms with Crippen molar-refractivity contribution in [2.24, 2.45) is 0 Å². The summed E-state index contributed by atoms with van der Waals surface area (Å²) < 4.78 is 26.3. The predicted octanol–water partition coefficient (Wildman–Crippen LogP) is 2.80. The van der Waals surface area contributed by atoms with E-state index in [0.717, 1.165) is 25.7 Å². The number of hydrogen-bond acceptors (Lipinski definition) is 3. The highest BCUT2D eigenvalue weighted by Gasteiger charge is 2.52. The second kappa shape index (κ2) is 6.15. The molecule has 0 unspecified atom stereocenters. The Bertz CT molecular complexity index is 625. The monoisotopic (exact) mass is 333 g/mol.